The van der Waals surface area contributed by atoms with E-state index < -0.39 is 0 Å². The Morgan fingerprint density at radius 1 is 1.17 bits per heavy atom. The zero-order valence-corrected chi connectivity index (χ0v) is 11.1. The maximum atomic E-state index is 6.08. The minimum atomic E-state index is 0.757. The smallest absolute Gasteiger partial charge is 0.0603 e. The molecule has 1 aromatic carbocycles. The number of nitrogens with zero attached hydrogens (tertiary/aromatic N) is 2. The van der Waals surface area contributed by atoms with Crippen molar-refractivity contribution in [1.82, 2.24) is 4.98 Å². The molecule has 0 radical (unpaired) electrons. The molecule has 2 rings (SSSR count). The zero-order valence-electron chi connectivity index (χ0n) is 11.1. The van der Waals surface area contributed by atoms with Crippen LogP contribution < -0.4 is 10.6 Å². The zero-order chi connectivity index (χ0) is 13.1. The summed E-state index contributed by atoms with van der Waals surface area (Å²) < 4.78 is 0. The second-order valence-corrected chi connectivity index (χ2v) is 4.67. The van der Waals surface area contributed by atoms with Gasteiger partial charge in [-0.05, 0) is 49.2 Å². The molecule has 3 heteroatoms. The Labute approximate surface area is 108 Å². The van der Waals surface area contributed by atoms with Crippen molar-refractivity contribution in [2.75, 3.05) is 17.7 Å². The standard InChI is InChI=1S/C15H19N3/c1-11-8-14(16)15(9-12(11)2)18(3)10-13-6-4-5-7-17-13/h4-9H,10,16H2,1-3H3. The van der Waals surface area contributed by atoms with Crippen LogP contribution in [-0.4, -0.2) is 12.0 Å². The molecule has 2 N–H and O–H groups in total. The van der Waals surface area contributed by atoms with Gasteiger partial charge in [0.15, 0.2) is 0 Å². The first kappa shape index (κ1) is 12.4. The van der Waals surface area contributed by atoms with Crippen LogP contribution in [0.4, 0.5) is 11.4 Å². The lowest BCUT2D eigenvalue weighted by molar-refractivity contribution is 0.885. The first-order valence-corrected chi connectivity index (χ1v) is 6.05. The second-order valence-electron chi connectivity index (χ2n) is 4.67. The van der Waals surface area contributed by atoms with Crippen molar-refractivity contribution in [3.63, 3.8) is 0 Å². The SMILES string of the molecule is Cc1cc(N)c(N(C)Cc2ccccn2)cc1C. The lowest BCUT2D eigenvalue weighted by Gasteiger charge is -2.22. The summed E-state index contributed by atoms with van der Waals surface area (Å²) in [6, 6.07) is 10.1. The summed E-state index contributed by atoms with van der Waals surface area (Å²) in [6.45, 7) is 4.94. The molecule has 0 unspecified atom stereocenters. The van der Waals surface area contributed by atoms with Crippen LogP contribution in [0.2, 0.25) is 0 Å². The summed E-state index contributed by atoms with van der Waals surface area (Å²) in [7, 11) is 2.04. The van der Waals surface area contributed by atoms with Gasteiger partial charge in [0.25, 0.3) is 0 Å². The lowest BCUT2D eigenvalue weighted by atomic mass is 10.1. The van der Waals surface area contributed by atoms with Gasteiger partial charge in [-0.3, -0.25) is 4.98 Å². The predicted octanol–water partition coefficient (Wildman–Crippen LogP) is 2.92. The number of pyridine rings is 1. The van der Waals surface area contributed by atoms with E-state index in [1.807, 2.05) is 37.5 Å². The molecule has 1 aromatic heterocycles. The van der Waals surface area contributed by atoms with Crippen LogP contribution in [-0.2, 0) is 6.54 Å². The third-order valence-corrected chi connectivity index (χ3v) is 3.18. The van der Waals surface area contributed by atoms with Crippen molar-refractivity contribution in [3.05, 3.63) is 53.3 Å². The van der Waals surface area contributed by atoms with Crippen LogP contribution in [0.1, 0.15) is 16.8 Å². The van der Waals surface area contributed by atoms with E-state index in [4.69, 9.17) is 5.73 Å². The van der Waals surface area contributed by atoms with Crippen LogP contribution in [0.25, 0.3) is 0 Å². The number of anilines is 2. The molecule has 0 bridgehead atoms. The Morgan fingerprint density at radius 2 is 1.89 bits per heavy atom. The number of aromatic nitrogens is 1. The van der Waals surface area contributed by atoms with E-state index in [9.17, 15) is 0 Å². The van der Waals surface area contributed by atoms with Crippen molar-refractivity contribution in [1.29, 1.82) is 0 Å². The van der Waals surface area contributed by atoms with Crippen LogP contribution in [0.15, 0.2) is 36.5 Å². The number of nitrogen functional groups attached to an aromatic ring is 1. The second kappa shape index (κ2) is 5.08. The number of rotatable bonds is 3. The molecule has 0 amide bonds. The molecule has 0 spiro atoms. The van der Waals surface area contributed by atoms with Gasteiger partial charge in [0.1, 0.15) is 0 Å². The van der Waals surface area contributed by atoms with E-state index in [2.05, 4.69) is 29.8 Å². The quantitative estimate of drug-likeness (QED) is 0.840. The summed E-state index contributed by atoms with van der Waals surface area (Å²) in [6.07, 6.45) is 1.81. The molecule has 0 saturated heterocycles. The van der Waals surface area contributed by atoms with Gasteiger partial charge in [-0.1, -0.05) is 6.07 Å². The first-order chi connectivity index (χ1) is 8.58. The van der Waals surface area contributed by atoms with Gasteiger partial charge in [0, 0.05) is 13.2 Å². The molecule has 94 valence electrons. The molecule has 0 atom stereocenters. The summed E-state index contributed by atoms with van der Waals surface area (Å²) in [5.74, 6) is 0. The summed E-state index contributed by atoms with van der Waals surface area (Å²) >= 11 is 0. The van der Waals surface area contributed by atoms with Gasteiger partial charge in [-0.2, -0.15) is 0 Å². The van der Waals surface area contributed by atoms with Crippen LogP contribution in [0.3, 0.4) is 0 Å². The fourth-order valence-electron chi connectivity index (χ4n) is 1.97. The van der Waals surface area contributed by atoms with Gasteiger partial charge in [0.2, 0.25) is 0 Å². The van der Waals surface area contributed by atoms with E-state index in [0.717, 1.165) is 23.6 Å². The normalized spacial score (nSPS) is 10.4. The minimum Gasteiger partial charge on any atom is -0.397 e. The third-order valence-electron chi connectivity index (χ3n) is 3.18. The van der Waals surface area contributed by atoms with E-state index >= 15 is 0 Å². The van der Waals surface area contributed by atoms with Crippen LogP contribution in [0.5, 0.6) is 0 Å². The number of hydrogen-bond acceptors (Lipinski definition) is 3. The molecule has 0 aliphatic heterocycles. The summed E-state index contributed by atoms with van der Waals surface area (Å²) in [4.78, 5) is 6.46. The van der Waals surface area contributed by atoms with Gasteiger partial charge in [-0.25, -0.2) is 0 Å². The highest BCUT2D eigenvalue weighted by Gasteiger charge is 2.08. The minimum absolute atomic E-state index is 0.757. The Morgan fingerprint density at radius 3 is 2.56 bits per heavy atom. The highest BCUT2D eigenvalue weighted by Crippen LogP contribution is 2.26. The molecule has 3 nitrogen and oxygen atoms in total. The molecule has 1 heterocycles. The predicted molar refractivity (Wildman–Crippen MR) is 76.7 cm³/mol. The third kappa shape index (κ3) is 2.62. The van der Waals surface area contributed by atoms with Gasteiger partial charge < -0.3 is 10.6 Å². The van der Waals surface area contributed by atoms with E-state index in [-0.39, 0.29) is 0 Å². The van der Waals surface area contributed by atoms with Gasteiger partial charge in [-0.15, -0.1) is 0 Å². The Kier molecular flexibility index (Phi) is 3.51. The lowest BCUT2D eigenvalue weighted by Crippen LogP contribution is -2.18. The largest absolute Gasteiger partial charge is 0.397 e. The number of hydrogen-bond donors (Lipinski definition) is 1. The maximum absolute atomic E-state index is 6.08. The fraction of sp³-hybridized carbons (Fsp3) is 0.267. The molecule has 18 heavy (non-hydrogen) atoms. The van der Waals surface area contributed by atoms with E-state index in [1.54, 1.807) is 0 Å². The summed E-state index contributed by atoms with van der Waals surface area (Å²) in [5, 5.41) is 0. The Balaban J connectivity index is 2.24. The average Bonchev–Trinajstić information content (AvgIpc) is 2.35. The first-order valence-electron chi connectivity index (χ1n) is 6.05. The van der Waals surface area contributed by atoms with Gasteiger partial charge in [0.05, 0.1) is 23.6 Å². The molecule has 0 aliphatic rings. The maximum Gasteiger partial charge on any atom is 0.0603 e. The monoisotopic (exact) mass is 241 g/mol. The van der Waals surface area contributed by atoms with Crippen molar-refractivity contribution >= 4 is 11.4 Å². The fourth-order valence-corrected chi connectivity index (χ4v) is 1.97. The Bertz CT molecular complexity index is 535. The Hall–Kier alpha value is -2.03. The van der Waals surface area contributed by atoms with Crippen LogP contribution >= 0.6 is 0 Å². The average molecular weight is 241 g/mol. The molecule has 2 aromatic rings. The molecular formula is C15H19N3. The number of aryl methyl sites for hydroxylation is 2. The molecule has 0 aliphatic carbocycles. The summed E-state index contributed by atoms with van der Waals surface area (Å²) in [5.41, 5.74) is 11.5. The molecular weight excluding hydrogens is 222 g/mol. The highest BCUT2D eigenvalue weighted by atomic mass is 15.1. The highest BCUT2D eigenvalue weighted by molar-refractivity contribution is 5.69. The topological polar surface area (TPSA) is 42.1 Å². The van der Waals surface area contributed by atoms with E-state index in [1.165, 1.54) is 11.1 Å². The van der Waals surface area contributed by atoms with Crippen molar-refractivity contribution < 1.29 is 0 Å². The molecule has 0 saturated carbocycles. The number of nitrogens with two attached hydrogens (primary N) is 1. The van der Waals surface area contributed by atoms with Gasteiger partial charge >= 0.3 is 0 Å². The molecule has 0 fully saturated rings. The number of benzene rings is 1. The van der Waals surface area contributed by atoms with Crippen LogP contribution in [0, 0.1) is 13.8 Å². The van der Waals surface area contributed by atoms with E-state index in [0.29, 0.717) is 0 Å². The van der Waals surface area contributed by atoms with Crippen molar-refractivity contribution in [2.45, 2.75) is 20.4 Å². The van der Waals surface area contributed by atoms with Crippen molar-refractivity contribution in [3.8, 4) is 0 Å². The van der Waals surface area contributed by atoms with Crippen molar-refractivity contribution in [2.24, 2.45) is 0 Å².